The number of hydrogen-bond donors (Lipinski definition) is 4. The van der Waals surface area contributed by atoms with Crippen LogP contribution >= 0.6 is 0 Å². The van der Waals surface area contributed by atoms with E-state index in [1.807, 2.05) is 13.8 Å². The van der Waals surface area contributed by atoms with Crippen molar-refractivity contribution < 1.29 is 34.0 Å². The Morgan fingerprint density at radius 3 is 2.40 bits per heavy atom. The molecule has 1 aromatic heterocycles. The molecular formula is C25H34FN3O6. The number of amides is 1. The molecule has 9 nitrogen and oxygen atoms in total. The highest BCUT2D eigenvalue weighted by atomic mass is 19.1. The highest BCUT2D eigenvalue weighted by Gasteiger charge is 2.29. The molecule has 0 unspecified atom stereocenters. The van der Waals surface area contributed by atoms with Crippen LogP contribution < -0.4 is 10.1 Å². The molecule has 35 heavy (non-hydrogen) atoms. The topological polar surface area (TPSA) is 134 Å². The number of nitrogens with one attached hydrogen (secondary N) is 1. The van der Waals surface area contributed by atoms with Gasteiger partial charge in [-0.2, -0.15) is 5.10 Å². The molecule has 2 aromatic rings. The Morgan fingerprint density at radius 1 is 1.14 bits per heavy atom. The first kappa shape index (κ1) is 26.6. The minimum atomic E-state index is -1.23. The highest BCUT2D eigenvalue weighted by molar-refractivity contribution is 5.95. The maximum absolute atomic E-state index is 13.5. The van der Waals surface area contributed by atoms with Gasteiger partial charge in [-0.1, -0.05) is 33.1 Å². The van der Waals surface area contributed by atoms with Crippen molar-refractivity contribution in [1.29, 1.82) is 0 Å². The van der Waals surface area contributed by atoms with E-state index in [0.717, 1.165) is 32.1 Å². The van der Waals surface area contributed by atoms with E-state index in [2.05, 4.69) is 10.4 Å². The monoisotopic (exact) mass is 491 g/mol. The van der Waals surface area contributed by atoms with Crippen LogP contribution in [0.4, 0.5) is 4.39 Å². The predicted molar refractivity (Wildman–Crippen MR) is 126 cm³/mol. The Kier molecular flexibility index (Phi) is 9.22. The number of carbonyl (C=O) groups is 2. The first-order valence-corrected chi connectivity index (χ1v) is 12.1. The molecule has 0 spiro atoms. The van der Waals surface area contributed by atoms with Crippen LogP contribution in [0.2, 0.25) is 0 Å². The molecule has 4 N–H and O–H groups in total. The molecule has 0 radical (unpaired) electrons. The first-order chi connectivity index (χ1) is 16.7. The number of hydrogen-bond acceptors (Lipinski definition) is 6. The lowest BCUT2D eigenvalue weighted by Crippen LogP contribution is -2.36. The third kappa shape index (κ3) is 7.25. The second-order valence-electron chi connectivity index (χ2n) is 9.37. The zero-order valence-corrected chi connectivity index (χ0v) is 20.1. The number of aromatic nitrogens is 2. The van der Waals surface area contributed by atoms with Crippen molar-refractivity contribution in [1.82, 2.24) is 15.1 Å². The van der Waals surface area contributed by atoms with Crippen molar-refractivity contribution in [2.45, 2.75) is 83.0 Å². The molecule has 1 aliphatic carbocycles. The van der Waals surface area contributed by atoms with Gasteiger partial charge in [-0.3, -0.25) is 9.59 Å². The van der Waals surface area contributed by atoms with Crippen LogP contribution in [0, 0.1) is 5.82 Å². The Bertz CT molecular complexity index is 1000. The molecular weight excluding hydrogens is 457 g/mol. The summed E-state index contributed by atoms with van der Waals surface area (Å²) in [7, 11) is 0. The fraction of sp³-hybridized carbons (Fsp3) is 0.560. The summed E-state index contributed by atoms with van der Waals surface area (Å²) in [4.78, 5) is 24.0. The van der Waals surface area contributed by atoms with E-state index in [0.29, 0.717) is 11.3 Å². The Morgan fingerprint density at radius 2 is 1.80 bits per heavy atom. The number of halogens is 1. The molecule has 0 bridgehead atoms. The van der Waals surface area contributed by atoms with Crippen molar-refractivity contribution in [2.24, 2.45) is 0 Å². The first-order valence-electron chi connectivity index (χ1n) is 12.1. The Balaban J connectivity index is 1.90. The summed E-state index contributed by atoms with van der Waals surface area (Å²) in [5.74, 6) is -1.85. The van der Waals surface area contributed by atoms with Gasteiger partial charge in [-0.05, 0) is 43.0 Å². The number of aliphatic hydroxyl groups excluding tert-OH is 2. The number of aliphatic carboxylic acids is 1. The molecule has 1 saturated carbocycles. The normalized spacial score (nSPS) is 16.2. The maximum atomic E-state index is 13.5. The van der Waals surface area contributed by atoms with Gasteiger partial charge in [-0.15, -0.1) is 0 Å². The summed E-state index contributed by atoms with van der Waals surface area (Å²) in [5.41, 5.74) is 1.21. The van der Waals surface area contributed by atoms with Gasteiger partial charge in [0.05, 0.1) is 24.3 Å². The smallest absolute Gasteiger partial charge is 0.305 e. The summed E-state index contributed by atoms with van der Waals surface area (Å²) < 4.78 is 20.9. The average Bonchev–Trinajstić information content (AvgIpc) is 3.18. The number of nitrogens with zero attached hydrogens (tertiary/aromatic N) is 2. The van der Waals surface area contributed by atoms with Crippen LogP contribution in [0.15, 0.2) is 24.3 Å². The fourth-order valence-corrected chi connectivity index (χ4v) is 4.34. The zero-order chi connectivity index (χ0) is 25.5. The number of carboxylic acid groups (broad SMARTS) is 1. The predicted octanol–water partition coefficient (Wildman–Crippen LogP) is 3.16. The highest BCUT2D eigenvalue weighted by Crippen LogP contribution is 2.33. The van der Waals surface area contributed by atoms with Crippen LogP contribution in [0.5, 0.6) is 5.88 Å². The van der Waals surface area contributed by atoms with E-state index in [9.17, 15) is 24.2 Å². The van der Waals surface area contributed by atoms with Gasteiger partial charge in [0.2, 0.25) is 5.88 Å². The van der Waals surface area contributed by atoms with E-state index >= 15 is 0 Å². The van der Waals surface area contributed by atoms with Gasteiger partial charge in [0.1, 0.15) is 12.4 Å². The number of carbonyl (C=O) groups excluding carboxylic acids is 1. The van der Waals surface area contributed by atoms with Crippen LogP contribution in [0.3, 0.4) is 0 Å². The van der Waals surface area contributed by atoms with E-state index in [-0.39, 0.29) is 42.5 Å². The lowest BCUT2D eigenvalue weighted by molar-refractivity contribution is -0.139. The number of ether oxygens (including phenoxy) is 1. The van der Waals surface area contributed by atoms with Gasteiger partial charge in [0, 0.05) is 18.0 Å². The van der Waals surface area contributed by atoms with E-state index in [1.165, 1.54) is 28.9 Å². The molecule has 1 aliphatic rings. The number of carboxylic acids is 1. The molecule has 0 saturated heterocycles. The van der Waals surface area contributed by atoms with Crippen molar-refractivity contribution in [3.05, 3.63) is 41.3 Å². The van der Waals surface area contributed by atoms with Crippen molar-refractivity contribution in [3.8, 4) is 11.6 Å². The van der Waals surface area contributed by atoms with Crippen LogP contribution in [-0.2, 0) is 4.79 Å². The van der Waals surface area contributed by atoms with Crippen LogP contribution in [0.1, 0.15) is 80.8 Å². The van der Waals surface area contributed by atoms with Gasteiger partial charge in [0.25, 0.3) is 5.91 Å². The molecule has 3 rings (SSSR count). The largest absolute Gasteiger partial charge is 0.481 e. The molecule has 1 aromatic carbocycles. The van der Waals surface area contributed by atoms with Crippen molar-refractivity contribution in [3.63, 3.8) is 0 Å². The minimum Gasteiger partial charge on any atom is -0.481 e. The molecule has 10 heteroatoms. The maximum Gasteiger partial charge on any atom is 0.305 e. The number of aliphatic hydroxyl groups is 2. The van der Waals surface area contributed by atoms with Crippen LogP contribution in [-0.4, -0.2) is 61.8 Å². The van der Waals surface area contributed by atoms with Crippen LogP contribution in [0.25, 0.3) is 5.69 Å². The standard InChI is InChI=1S/C25H34FN3O6/c1-15(2)22-23(24(34)27-17-6-4-3-5-7-17)28-29(18-10-8-16(26)9-11-18)25(22)35-14-20(31)12-19(30)13-21(32)33/h8-11,15,17,19-20,30-31H,3-7,12-14H2,1-2H3,(H,27,34)(H,32,33)/t19-,20+/m1/s1. The molecule has 192 valence electrons. The quantitative estimate of drug-likeness (QED) is 0.379. The van der Waals surface area contributed by atoms with Gasteiger partial charge in [-0.25, -0.2) is 9.07 Å². The van der Waals surface area contributed by atoms with Gasteiger partial charge >= 0.3 is 5.97 Å². The van der Waals surface area contributed by atoms with E-state index in [4.69, 9.17) is 9.84 Å². The number of rotatable bonds is 11. The third-order valence-electron chi connectivity index (χ3n) is 6.05. The van der Waals surface area contributed by atoms with Crippen molar-refractivity contribution in [2.75, 3.05) is 6.61 Å². The Labute approximate surface area is 203 Å². The van der Waals surface area contributed by atoms with Crippen molar-refractivity contribution >= 4 is 11.9 Å². The molecule has 0 aliphatic heterocycles. The Hall–Kier alpha value is -2.98. The second-order valence-corrected chi connectivity index (χ2v) is 9.37. The summed E-state index contributed by atoms with van der Waals surface area (Å²) in [6, 6.07) is 5.64. The molecule has 1 heterocycles. The zero-order valence-electron chi connectivity index (χ0n) is 20.1. The average molecular weight is 492 g/mol. The molecule has 2 atom stereocenters. The molecule has 1 amide bonds. The summed E-state index contributed by atoms with van der Waals surface area (Å²) >= 11 is 0. The molecule has 1 fully saturated rings. The van der Waals surface area contributed by atoms with Gasteiger partial charge < -0.3 is 25.4 Å². The van der Waals surface area contributed by atoms with Gasteiger partial charge in [0.15, 0.2) is 5.69 Å². The summed E-state index contributed by atoms with van der Waals surface area (Å²) in [5, 5.41) is 36.5. The van der Waals surface area contributed by atoms with E-state index < -0.39 is 30.4 Å². The summed E-state index contributed by atoms with van der Waals surface area (Å²) in [6.07, 6.45) is 2.04. The van der Waals surface area contributed by atoms with E-state index in [1.54, 1.807) is 0 Å². The lowest BCUT2D eigenvalue weighted by Gasteiger charge is -2.22. The number of benzene rings is 1. The lowest BCUT2D eigenvalue weighted by atomic mass is 9.95. The second kappa shape index (κ2) is 12.1. The third-order valence-corrected chi connectivity index (χ3v) is 6.05. The minimum absolute atomic E-state index is 0.0779. The SMILES string of the molecule is CC(C)c1c(C(=O)NC2CCCCC2)nn(-c2ccc(F)cc2)c1OC[C@@H](O)C[C@@H](O)CC(=O)O. The fourth-order valence-electron chi connectivity index (χ4n) is 4.34. The summed E-state index contributed by atoms with van der Waals surface area (Å²) in [6.45, 7) is 3.53.